The summed E-state index contributed by atoms with van der Waals surface area (Å²) in [6.07, 6.45) is 7.35. The van der Waals surface area contributed by atoms with Gasteiger partial charge < -0.3 is 15.0 Å². The summed E-state index contributed by atoms with van der Waals surface area (Å²) in [6, 6.07) is 5.08. The number of rotatable bonds is 7. The predicted octanol–water partition coefficient (Wildman–Crippen LogP) is 2.34. The van der Waals surface area contributed by atoms with Gasteiger partial charge in [0, 0.05) is 38.5 Å². The van der Waals surface area contributed by atoms with Gasteiger partial charge in [-0.2, -0.15) is 0 Å². The van der Waals surface area contributed by atoms with Gasteiger partial charge >= 0.3 is 0 Å². The average Bonchev–Trinajstić information content (AvgIpc) is 3.18. The Hall–Kier alpha value is -1.13. The Morgan fingerprint density at radius 1 is 1.40 bits per heavy atom. The van der Waals surface area contributed by atoms with E-state index in [1.807, 2.05) is 6.20 Å². The van der Waals surface area contributed by atoms with E-state index in [0.29, 0.717) is 6.10 Å². The van der Waals surface area contributed by atoms with Crippen LogP contribution < -0.4 is 10.2 Å². The van der Waals surface area contributed by atoms with Gasteiger partial charge in [0.1, 0.15) is 5.82 Å². The smallest absolute Gasteiger partial charge is 0.128 e. The summed E-state index contributed by atoms with van der Waals surface area (Å²) in [5, 5.41) is 3.56. The van der Waals surface area contributed by atoms with Crippen LogP contribution in [0.4, 0.5) is 5.82 Å². The Morgan fingerprint density at radius 3 is 3.00 bits per heavy atom. The topological polar surface area (TPSA) is 37.4 Å². The van der Waals surface area contributed by atoms with E-state index < -0.39 is 0 Å². The van der Waals surface area contributed by atoms with Crippen LogP contribution in [0, 0.1) is 0 Å². The summed E-state index contributed by atoms with van der Waals surface area (Å²) in [5.74, 6) is 1.08. The van der Waals surface area contributed by atoms with Crippen LogP contribution in [0.1, 0.15) is 38.2 Å². The molecule has 2 fully saturated rings. The van der Waals surface area contributed by atoms with Crippen LogP contribution in [0.25, 0.3) is 0 Å². The van der Waals surface area contributed by atoms with Crippen molar-refractivity contribution in [1.29, 1.82) is 0 Å². The first-order valence-corrected chi connectivity index (χ1v) is 7.90. The van der Waals surface area contributed by atoms with E-state index in [4.69, 9.17) is 4.74 Å². The maximum atomic E-state index is 5.74. The molecule has 20 heavy (non-hydrogen) atoms. The second kappa shape index (κ2) is 6.55. The van der Waals surface area contributed by atoms with Crippen molar-refractivity contribution in [2.45, 2.75) is 51.3 Å². The van der Waals surface area contributed by atoms with Crippen molar-refractivity contribution < 1.29 is 4.74 Å². The molecule has 3 rings (SSSR count). The lowest BCUT2D eigenvalue weighted by atomic mass is 10.2. The molecule has 1 unspecified atom stereocenters. The zero-order valence-electron chi connectivity index (χ0n) is 12.3. The molecule has 2 heterocycles. The van der Waals surface area contributed by atoms with Gasteiger partial charge in [-0.1, -0.05) is 0 Å². The Morgan fingerprint density at radius 2 is 2.30 bits per heavy atom. The summed E-state index contributed by atoms with van der Waals surface area (Å²) in [4.78, 5) is 6.87. The second-order valence-corrected chi connectivity index (χ2v) is 5.85. The van der Waals surface area contributed by atoms with Crippen LogP contribution in [-0.4, -0.2) is 36.8 Å². The zero-order chi connectivity index (χ0) is 13.8. The highest BCUT2D eigenvalue weighted by Gasteiger charge is 2.21. The van der Waals surface area contributed by atoms with E-state index in [1.165, 1.54) is 31.2 Å². The number of ether oxygens (including phenoxy) is 1. The molecular weight excluding hydrogens is 250 g/mol. The van der Waals surface area contributed by atoms with Gasteiger partial charge in [0.15, 0.2) is 0 Å². The molecule has 1 aromatic heterocycles. The summed E-state index contributed by atoms with van der Waals surface area (Å²) >= 11 is 0. The molecule has 1 saturated carbocycles. The average molecular weight is 275 g/mol. The monoisotopic (exact) mass is 275 g/mol. The van der Waals surface area contributed by atoms with Gasteiger partial charge in [-0.25, -0.2) is 4.98 Å². The lowest BCUT2D eigenvalue weighted by Gasteiger charge is -2.25. The number of anilines is 1. The second-order valence-electron chi connectivity index (χ2n) is 5.85. The lowest BCUT2D eigenvalue weighted by molar-refractivity contribution is 0.115. The molecular formula is C16H25N3O. The molecule has 1 atom stereocenters. The Labute approximate surface area is 121 Å². The largest absolute Gasteiger partial charge is 0.376 e. The molecule has 1 aromatic rings. The quantitative estimate of drug-likeness (QED) is 0.829. The lowest BCUT2D eigenvalue weighted by Crippen LogP contribution is -2.32. The number of hydrogen-bond donors (Lipinski definition) is 1. The highest BCUT2D eigenvalue weighted by Crippen LogP contribution is 2.21. The minimum Gasteiger partial charge on any atom is -0.376 e. The van der Waals surface area contributed by atoms with Crippen LogP contribution >= 0.6 is 0 Å². The van der Waals surface area contributed by atoms with Crippen molar-refractivity contribution in [2.75, 3.05) is 24.6 Å². The first kappa shape index (κ1) is 13.8. The maximum absolute atomic E-state index is 5.74. The number of nitrogens with one attached hydrogen (secondary N) is 1. The van der Waals surface area contributed by atoms with Gasteiger partial charge in [-0.15, -0.1) is 0 Å². The fourth-order valence-electron chi connectivity index (χ4n) is 2.71. The van der Waals surface area contributed by atoms with Crippen LogP contribution in [0.2, 0.25) is 0 Å². The third-order valence-corrected chi connectivity index (χ3v) is 4.14. The first-order valence-electron chi connectivity index (χ1n) is 7.90. The molecule has 1 saturated heterocycles. The Balaban J connectivity index is 1.61. The van der Waals surface area contributed by atoms with E-state index >= 15 is 0 Å². The SMILES string of the molecule is CCN(CC1CCCO1)c1cc(CNC2CC2)ccn1. The highest BCUT2D eigenvalue weighted by molar-refractivity contribution is 5.41. The molecule has 1 aliphatic carbocycles. The number of pyridine rings is 1. The predicted molar refractivity (Wildman–Crippen MR) is 81.0 cm³/mol. The van der Waals surface area contributed by atoms with Crippen molar-refractivity contribution in [1.82, 2.24) is 10.3 Å². The van der Waals surface area contributed by atoms with E-state index in [0.717, 1.165) is 38.1 Å². The fraction of sp³-hybridized carbons (Fsp3) is 0.688. The Kier molecular flexibility index (Phi) is 4.53. The summed E-state index contributed by atoms with van der Waals surface area (Å²) in [7, 11) is 0. The normalized spacial score (nSPS) is 22.1. The minimum atomic E-state index is 0.380. The number of likely N-dealkylation sites (N-methyl/N-ethyl adjacent to an activating group) is 1. The fourth-order valence-corrected chi connectivity index (χ4v) is 2.71. The molecule has 0 bridgehead atoms. The minimum absolute atomic E-state index is 0.380. The molecule has 0 amide bonds. The highest BCUT2D eigenvalue weighted by atomic mass is 16.5. The molecule has 1 N–H and O–H groups in total. The molecule has 1 aliphatic heterocycles. The third-order valence-electron chi connectivity index (χ3n) is 4.14. The first-order chi connectivity index (χ1) is 9.85. The van der Waals surface area contributed by atoms with Crippen molar-refractivity contribution in [2.24, 2.45) is 0 Å². The third kappa shape index (κ3) is 3.70. The van der Waals surface area contributed by atoms with Crippen LogP contribution in [-0.2, 0) is 11.3 Å². The van der Waals surface area contributed by atoms with Gasteiger partial charge in [0.25, 0.3) is 0 Å². The van der Waals surface area contributed by atoms with Gasteiger partial charge in [-0.05, 0) is 50.3 Å². The van der Waals surface area contributed by atoms with Crippen LogP contribution in [0.3, 0.4) is 0 Å². The molecule has 0 aromatic carbocycles. The zero-order valence-corrected chi connectivity index (χ0v) is 12.3. The molecule has 2 aliphatic rings. The van der Waals surface area contributed by atoms with Crippen molar-refractivity contribution in [3.8, 4) is 0 Å². The number of nitrogens with zero attached hydrogens (tertiary/aromatic N) is 2. The Bertz CT molecular complexity index is 427. The van der Waals surface area contributed by atoms with E-state index in [1.54, 1.807) is 0 Å². The summed E-state index contributed by atoms with van der Waals surface area (Å²) in [5.41, 5.74) is 1.33. The molecule has 0 radical (unpaired) electrons. The molecule has 4 nitrogen and oxygen atoms in total. The molecule has 4 heteroatoms. The van der Waals surface area contributed by atoms with Crippen LogP contribution in [0.5, 0.6) is 0 Å². The summed E-state index contributed by atoms with van der Waals surface area (Å²) < 4.78 is 5.74. The van der Waals surface area contributed by atoms with E-state index in [2.05, 4.69) is 34.3 Å². The van der Waals surface area contributed by atoms with Gasteiger partial charge in [-0.3, -0.25) is 0 Å². The summed E-state index contributed by atoms with van der Waals surface area (Å²) in [6.45, 7) is 6.00. The van der Waals surface area contributed by atoms with Gasteiger partial charge in [0.2, 0.25) is 0 Å². The molecule has 110 valence electrons. The standard InChI is InChI=1S/C16H25N3O/c1-2-19(12-15-4-3-9-20-15)16-10-13(7-8-17-16)11-18-14-5-6-14/h7-8,10,14-15,18H,2-6,9,11-12H2,1H3. The van der Waals surface area contributed by atoms with Gasteiger partial charge in [0.05, 0.1) is 6.10 Å². The number of hydrogen-bond acceptors (Lipinski definition) is 4. The van der Waals surface area contributed by atoms with Crippen LogP contribution in [0.15, 0.2) is 18.3 Å². The van der Waals surface area contributed by atoms with Crippen molar-refractivity contribution in [3.63, 3.8) is 0 Å². The van der Waals surface area contributed by atoms with Crippen molar-refractivity contribution in [3.05, 3.63) is 23.9 Å². The maximum Gasteiger partial charge on any atom is 0.128 e. The van der Waals surface area contributed by atoms with E-state index in [9.17, 15) is 0 Å². The van der Waals surface area contributed by atoms with Crippen molar-refractivity contribution >= 4 is 5.82 Å². The van der Waals surface area contributed by atoms with E-state index in [-0.39, 0.29) is 0 Å². The number of aromatic nitrogens is 1. The molecule has 0 spiro atoms.